The monoisotopic (exact) mass is 486 g/mol. The maximum atomic E-state index is 11.2. The molecule has 3 rings (SSSR count). The standard InChI is InChI=1S/C9H15BN4O4S.C5H12N2O2S.ClH/c11-19(17,18)8-1-3-14(4-2-8)9-12-5-7(6-13-9)10(15)16;6-10(8,9)5-1-3-7-4-2-5;/h5-6,8,15-16H,1-4H2,(H2,11,17,18);5,7H,1-4H2,(H2,6,8,9);1H. The summed E-state index contributed by atoms with van der Waals surface area (Å²) in [6, 6.07) is 0. The van der Waals surface area contributed by atoms with Gasteiger partial charge in [0.25, 0.3) is 0 Å². The Morgan fingerprint density at radius 1 is 0.933 bits per heavy atom. The number of nitrogens with two attached hydrogens (primary N) is 2. The number of hydrogen-bond donors (Lipinski definition) is 5. The number of rotatable bonds is 4. The predicted octanol–water partition coefficient (Wildman–Crippen LogP) is -3.14. The fourth-order valence-corrected chi connectivity index (χ4v) is 4.90. The van der Waals surface area contributed by atoms with Crippen LogP contribution in [0.5, 0.6) is 0 Å². The lowest BCUT2D eigenvalue weighted by Crippen LogP contribution is -2.42. The van der Waals surface area contributed by atoms with E-state index in [4.69, 9.17) is 20.3 Å². The lowest BCUT2D eigenvalue weighted by atomic mass is 9.83. The van der Waals surface area contributed by atoms with Gasteiger partial charge in [0.2, 0.25) is 26.0 Å². The molecule has 2 fully saturated rings. The van der Waals surface area contributed by atoms with Crippen molar-refractivity contribution in [1.29, 1.82) is 0 Å². The molecule has 0 bridgehead atoms. The van der Waals surface area contributed by atoms with Gasteiger partial charge in [-0.3, -0.25) is 0 Å². The highest BCUT2D eigenvalue weighted by atomic mass is 35.5. The number of nitrogens with zero attached hydrogens (tertiary/aromatic N) is 3. The molecule has 172 valence electrons. The SMILES string of the molecule is Cl.NS(=O)(=O)C1CCN(c2ncc(B(O)O)cn2)CC1.NS(=O)(=O)C1CCNCC1. The fraction of sp³-hybridized carbons (Fsp3) is 0.714. The van der Waals surface area contributed by atoms with Crippen molar-refractivity contribution in [1.82, 2.24) is 15.3 Å². The zero-order chi connectivity index (χ0) is 21.7. The first-order valence-corrected chi connectivity index (χ1v) is 12.4. The Morgan fingerprint density at radius 3 is 1.73 bits per heavy atom. The van der Waals surface area contributed by atoms with Gasteiger partial charge in [-0.25, -0.2) is 37.1 Å². The lowest BCUT2D eigenvalue weighted by Gasteiger charge is -2.30. The minimum Gasteiger partial charge on any atom is -0.423 e. The molecule has 7 N–H and O–H groups in total. The lowest BCUT2D eigenvalue weighted by molar-refractivity contribution is 0.425. The molecular weight excluding hydrogens is 459 g/mol. The smallest absolute Gasteiger partial charge is 0.423 e. The molecule has 0 aromatic carbocycles. The summed E-state index contributed by atoms with van der Waals surface area (Å²) in [4.78, 5) is 9.89. The van der Waals surface area contributed by atoms with Crippen molar-refractivity contribution >= 4 is 51.0 Å². The van der Waals surface area contributed by atoms with Crippen molar-refractivity contribution in [3.05, 3.63) is 12.4 Å². The van der Waals surface area contributed by atoms with Crippen molar-refractivity contribution in [2.24, 2.45) is 10.3 Å². The predicted molar refractivity (Wildman–Crippen MR) is 116 cm³/mol. The summed E-state index contributed by atoms with van der Waals surface area (Å²) in [6.07, 6.45) is 4.84. The quantitative estimate of drug-likeness (QED) is 0.271. The van der Waals surface area contributed by atoms with Crippen LogP contribution in [0.1, 0.15) is 25.7 Å². The molecule has 2 aliphatic heterocycles. The largest absolute Gasteiger partial charge is 0.491 e. The van der Waals surface area contributed by atoms with E-state index >= 15 is 0 Å². The van der Waals surface area contributed by atoms with Gasteiger partial charge in [-0.2, -0.15) is 0 Å². The van der Waals surface area contributed by atoms with Crippen molar-refractivity contribution in [2.45, 2.75) is 36.2 Å². The zero-order valence-electron chi connectivity index (χ0n) is 16.3. The topological polar surface area (TPSA) is 202 Å². The molecule has 3 heterocycles. The van der Waals surface area contributed by atoms with E-state index in [-0.39, 0.29) is 23.1 Å². The molecule has 0 spiro atoms. The van der Waals surface area contributed by atoms with Crippen LogP contribution in [0.15, 0.2) is 12.4 Å². The number of anilines is 1. The van der Waals surface area contributed by atoms with Gasteiger partial charge in [0.1, 0.15) is 0 Å². The minimum absolute atomic E-state index is 0. The number of nitrogens with one attached hydrogen (secondary N) is 1. The zero-order valence-corrected chi connectivity index (χ0v) is 18.7. The van der Waals surface area contributed by atoms with Crippen LogP contribution in [0.3, 0.4) is 0 Å². The van der Waals surface area contributed by atoms with Crippen LogP contribution in [0.25, 0.3) is 0 Å². The maximum Gasteiger partial charge on any atom is 0.491 e. The van der Waals surface area contributed by atoms with E-state index in [0.29, 0.717) is 44.7 Å². The van der Waals surface area contributed by atoms with Crippen LogP contribution in [-0.4, -0.2) is 80.6 Å². The molecule has 2 saturated heterocycles. The second-order valence-corrected chi connectivity index (χ2v) is 10.7. The van der Waals surface area contributed by atoms with Crippen LogP contribution in [-0.2, 0) is 20.0 Å². The molecule has 0 aliphatic carbocycles. The van der Waals surface area contributed by atoms with Crippen LogP contribution in [0.2, 0.25) is 0 Å². The van der Waals surface area contributed by atoms with Crippen molar-refractivity contribution in [3.63, 3.8) is 0 Å². The Morgan fingerprint density at radius 2 is 1.37 bits per heavy atom. The molecule has 0 unspecified atom stereocenters. The molecule has 1 aromatic heterocycles. The Hall–Kier alpha value is -1.07. The highest BCUT2D eigenvalue weighted by Gasteiger charge is 2.28. The molecule has 30 heavy (non-hydrogen) atoms. The van der Waals surface area contributed by atoms with Gasteiger partial charge in [0.05, 0.1) is 10.5 Å². The maximum absolute atomic E-state index is 11.2. The summed E-state index contributed by atoms with van der Waals surface area (Å²) in [5.41, 5.74) is 0.211. The molecule has 16 heteroatoms. The summed E-state index contributed by atoms with van der Waals surface area (Å²) in [7, 11) is -8.34. The highest BCUT2D eigenvalue weighted by Crippen LogP contribution is 2.18. The van der Waals surface area contributed by atoms with Gasteiger partial charge in [0.15, 0.2) is 0 Å². The van der Waals surface area contributed by atoms with E-state index in [9.17, 15) is 16.8 Å². The van der Waals surface area contributed by atoms with Crippen LogP contribution >= 0.6 is 12.4 Å². The molecular formula is C14H28BClN6O6S2. The second kappa shape index (κ2) is 11.5. The van der Waals surface area contributed by atoms with Crippen molar-refractivity contribution in [2.75, 3.05) is 31.1 Å². The summed E-state index contributed by atoms with van der Waals surface area (Å²) < 4.78 is 43.9. The molecule has 2 aliphatic rings. The van der Waals surface area contributed by atoms with Gasteiger partial charge in [-0.1, -0.05) is 0 Å². The Kier molecular flexibility index (Phi) is 10.4. The number of sulfonamides is 2. The van der Waals surface area contributed by atoms with E-state index in [1.165, 1.54) is 12.4 Å². The van der Waals surface area contributed by atoms with Gasteiger partial charge < -0.3 is 20.3 Å². The molecule has 0 amide bonds. The van der Waals surface area contributed by atoms with E-state index in [1.54, 1.807) is 0 Å². The first-order valence-electron chi connectivity index (χ1n) is 9.15. The number of hydrogen-bond acceptors (Lipinski definition) is 10. The number of piperidine rings is 2. The molecule has 12 nitrogen and oxygen atoms in total. The Balaban J connectivity index is 0.000000348. The van der Waals surface area contributed by atoms with Gasteiger partial charge in [-0.05, 0) is 38.8 Å². The average Bonchev–Trinajstić information content (AvgIpc) is 2.68. The minimum atomic E-state index is -3.48. The third-order valence-corrected chi connectivity index (χ3v) is 7.70. The third kappa shape index (κ3) is 8.22. The van der Waals surface area contributed by atoms with E-state index < -0.39 is 32.4 Å². The van der Waals surface area contributed by atoms with Gasteiger partial charge in [0, 0.05) is 30.9 Å². The van der Waals surface area contributed by atoms with E-state index in [0.717, 1.165) is 13.1 Å². The molecule has 0 saturated carbocycles. The summed E-state index contributed by atoms with van der Waals surface area (Å²) in [5, 5.41) is 30.2. The first kappa shape index (κ1) is 27.0. The average molecular weight is 487 g/mol. The Labute approximate surface area is 183 Å². The summed E-state index contributed by atoms with van der Waals surface area (Å²) >= 11 is 0. The van der Waals surface area contributed by atoms with E-state index in [2.05, 4.69) is 15.3 Å². The van der Waals surface area contributed by atoms with E-state index in [1.807, 2.05) is 4.90 Å². The van der Waals surface area contributed by atoms with Crippen LogP contribution in [0, 0.1) is 0 Å². The van der Waals surface area contributed by atoms with Crippen LogP contribution < -0.4 is 26.0 Å². The summed E-state index contributed by atoms with van der Waals surface area (Å²) in [6.45, 7) is 2.53. The number of primary sulfonamides is 2. The van der Waals surface area contributed by atoms with Crippen molar-refractivity contribution in [3.8, 4) is 0 Å². The van der Waals surface area contributed by atoms with Gasteiger partial charge >= 0.3 is 7.12 Å². The fourth-order valence-electron chi connectivity index (χ4n) is 3.14. The third-order valence-electron chi connectivity index (χ3n) is 4.90. The normalized spacial score (nSPS) is 18.7. The van der Waals surface area contributed by atoms with Crippen LogP contribution in [0.4, 0.5) is 5.95 Å². The highest BCUT2D eigenvalue weighted by molar-refractivity contribution is 7.90. The second-order valence-electron chi connectivity index (χ2n) is 7.00. The molecule has 1 aromatic rings. The molecule has 0 atom stereocenters. The Bertz CT molecular complexity index is 859. The molecule has 0 radical (unpaired) electrons. The first-order chi connectivity index (χ1) is 13.5. The van der Waals surface area contributed by atoms with Crippen molar-refractivity contribution < 1.29 is 26.9 Å². The van der Waals surface area contributed by atoms with Gasteiger partial charge in [-0.15, -0.1) is 12.4 Å². The number of halogens is 1. The number of aromatic nitrogens is 2. The summed E-state index contributed by atoms with van der Waals surface area (Å²) in [5.74, 6) is 0.442.